The first-order chi connectivity index (χ1) is 7.65. The number of carbonyl (C=O) groups excluding carboxylic acids is 2. The van der Waals surface area contributed by atoms with Crippen molar-refractivity contribution in [3.05, 3.63) is 0 Å². The topological polar surface area (TPSA) is 40.6 Å². The summed E-state index contributed by atoms with van der Waals surface area (Å²) in [7, 11) is 2.14. The van der Waals surface area contributed by atoms with E-state index in [9.17, 15) is 9.59 Å². The molecule has 0 aromatic rings. The number of hydrogen-bond donors (Lipinski definition) is 0. The molecule has 4 nitrogen and oxygen atoms in total. The molecule has 0 unspecified atom stereocenters. The Bertz CT molecular complexity index is 283. The van der Waals surface area contributed by atoms with Crippen LogP contribution in [-0.4, -0.2) is 54.7 Å². The van der Waals surface area contributed by atoms with Gasteiger partial charge in [-0.2, -0.15) is 0 Å². The van der Waals surface area contributed by atoms with Gasteiger partial charge in [-0.1, -0.05) is 0 Å². The number of amides is 1. The Morgan fingerprint density at radius 1 is 1.19 bits per heavy atom. The minimum absolute atomic E-state index is 0.0372. The monoisotopic (exact) mass is 224 g/mol. The number of ketones is 1. The van der Waals surface area contributed by atoms with Crippen LogP contribution in [0, 0.1) is 5.92 Å². The summed E-state index contributed by atoms with van der Waals surface area (Å²) in [6, 6.07) is 0. The van der Waals surface area contributed by atoms with Gasteiger partial charge in [0.2, 0.25) is 5.91 Å². The van der Waals surface area contributed by atoms with Crippen molar-refractivity contribution in [1.29, 1.82) is 0 Å². The Kier molecular flexibility index (Phi) is 3.59. The number of nitrogens with zero attached hydrogens (tertiary/aromatic N) is 2. The predicted molar refractivity (Wildman–Crippen MR) is 61.0 cm³/mol. The van der Waals surface area contributed by atoms with Crippen LogP contribution in [-0.2, 0) is 9.59 Å². The van der Waals surface area contributed by atoms with Crippen molar-refractivity contribution in [2.45, 2.75) is 25.7 Å². The summed E-state index contributed by atoms with van der Waals surface area (Å²) in [5, 5.41) is 0. The standard InChI is InChI=1S/C12H20N2O2/c1-13-5-2-10(3-6-13)9-14-7-4-11(15)8-12(14)16/h10H,2-9H2,1H3. The summed E-state index contributed by atoms with van der Waals surface area (Å²) in [6.07, 6.45) is 3.04. The van der Waals surface area contributed by atoms with E-state index in [1.165, 1.54) is 12.8 Å². The summed E-state index contributed by atoms with van der Waals surface area (Å²) < 4.78 is 0. The molecule has 16 heavy (non-hydrogen) atoms. The van der Waals surface area contributed by atoms with Crippen LogP contribution in [0.2, 0.25) is 0 Å². The van der Waals surface area contributed by atoms with Gasteiger partial charge in [-0.15, -0.1) is 0 Å². The Morgan fingerprint density at radius 3 is 2.50 bits per heavy atom. The molecule has 0 bridgehead atoms. The Hall–Kier alpha value is -0.900. The largest absolute Gasteiger partial charge is 0.342 e. The van der Waals surface area contributed by atoms with Gasteiger partial charge in [0.1, 0.15) is 5.78 Å². The summed E-state index contributed by atoms with van der Waals surface area (Å²) in [5.74, 6) is 0.771. The Labute approximate surface area is 96.6 Å². The Morgan fingerprint density at radius 2 is 1.88 bits per heavy atom. The molecule has 0 spiro atoms. The highest BCUT2D eigenvalue weighted by molar-refractivity contribution is 6.00. The van der Waals surface area contributed by atoms with E-state index >= 15 is 0 Å². The van der Waals surface area contributed by atoms with E-state index in [1.807, 2.05) is 4.90 Å². The van der Waals surface area contributed by atoms with Crippen LogP contribution in [0.3, 0.4) is 0 Å². The fourth-order valence-corrected chi connectivity index (χ4v) is 2.50. The Balaban J connectivity index is 1.81. The predicted octanol–water partition coefficient (Wildman–Crippen LogP) is 0.520. The normalized spacial score (nSPS) is 25.2. The van der Waals surface area contributed by atoms with Gasteiger partial charge in [-0.05, 0) is 38.9 Å². The molecule has 0 aliphatic carbocycles. The smallest absolute Gasteiger partial charge is 0.230 e. The van der Waals surface area contributed by atoms with Crippen molar-refractivity contribution in [3.8, 4) is 0 Å². The lowest BCUT2D eigenvalue weighted by molar-refractivity contribution is -0.140. The van der Waals surface area contributed by atoms with Crippen molar-refractivity contribution in [2.75, 3.05) is 33.2 Å². The van der Waals surface area contributed by atoms with Crippen LogP contribution >= 0.6 is 0 Å². The van der Waals surface area contributed by atoms with Crippen LogP contribution < -0.4 is 0 Å². The average molecular weight is 224 g/mol. The molecule has 2 aliphatic heterocycles. The second-order valence-corrected chi connectivity index (χ2v) is 5.05. The van der Waals surface area contributed by atoms with Gasteiger partial charge >= 0.3 is 0 Å². The molecule has 4 heteroatoms. The lowest BCUT2D eigenvalue weighted by atomic mass is 9.95. The highest BCUT2D eigenvalue weighted by atomic mass is 16.2. The van der Waals surface area contributed by atoms with Crippen molar-refractivity contribution in [1.82, 2.24) is 9.80 Å². The van der Waals surface area contributed by atoms with Crippen molar-refractivity contribution >= 4 is 11.7 Å². The summed E-state index contributed by atoms with van der Waals surface area (Å²) in [6.45, 7) is 3.77. The maximum Gasteiger partial charge on any atom is 0.230 e. The summed E-state index contributed by atoms with van der Waals surface area (Å²) in [4.78, 5) is 27.0. The molecule has 2 heterocycles. The van der Waals surface area contributed by atoms with Gasteiger partial charge in [-0.25, -0.2) is 0 Å². The van der Waals surface area contributed by atoms with E-state index < -0.39 is 0 Å². The van der Waals surface area contributed by atoms with Gasteiger partial charge in [0.05, 0.1) is 6.42 Å². The molecule has 2 rings (SSSR count). The first kappa shape index (κ1) is 11.6. The lowest BCUT2D eigenvalue weighted by Gasteiger charge is -2.34. The first-order valence-corrected chi connectivity index (χ1v) is 6.13. The zero-order chi connectivity index (χ0) is 11.5. The average Bonchev–Trinajstić information content (AvgIpc) is 2.25. The molecule has 0 aromatic carbocycles. The molecule has 0 atom stereocenters. The zero-order valence-electron chi connectivity index (χ0n) is 9.95. The maximum atomic E-state index is 11.6. The maximum absolute atomic E-state index is 11.6. The van der Waals surface area contributed by atoms with E-state index in [0.717, 1.165) is 19.6 Å². The van der Waals surface area contributed by atoms with Crippen molar-refractivity contribution < 1.29 is 9.59 Å². The second-order valence-electron chi connectivity index (χ2n) is 5.05. The number of likely N-dealkylation sites (tertiary alicyclic amines) is 2. The highest BCUT2D eigenvalue weighted by Gasteiger charge is 2.27. The second kappa shape index (κ2) is 4.95. The van der Waals surface area contributed by atoms with Gasteiger partial charge in [0.15, 0.2) is 0 Å². The van der Waals surface area contributed by atoms with Gasteiger partial charge in [0.25, 0.3) is 0 Å². The molecule has 0 saturated carbocycles. The number of rotatable bonds is 2. The zero-order valence-corrected chi connectivity index (χ0v) is 9.95. The van der Waals surface area contributed by atoms with E-state index in [1.54, 1.807) is 0 Å². The van der Waals surface area contributed by atoms with Crippen molar-refractivity contribution in [3.63, 3.8) is 0 Å². The quantitative estimate of drug-likeness (QED) is 0.642. The molecule has 90 valence electrons. The SMILES string of the molecule is CN1CCC(CN2CCC(=O)CC2=O)CC1. The minimum Gasteiger partial charge on any atom is -0.342 e. The van der Waals surface area contributed by atoms with Crippen LogP contribution in [0.4, 0.5) is 0 Å². The molecule has 0 radical (unpaired) electrons. The number of hydrogen-bond acceptors (Lipinski definition) is 3. The van der Waals surface area contributed by atoms with Crippen molar-refractivity contribution in [2.24, 2.45) is 5.92 Å². The molecule has 2 aliphatic rings. The van der Waals surface area contributed by atoms with Crippen LogP contribution in [0.1, 0.15) is 25.7 Å². The molecule has 2 saturated heterocycles. The van der Waals surface area contributed by atoms with E-state index in [-0.39, 0.29) is 18.1 Å². The minimum atomic E-state index is 0.0372. The van der Waals surface area contributed by atoms with Gasteiger partial charge < -0.3 is 9.80 Å². The molecule has 1 amide bonds. The number of Topliss-reactive ketones (excluding diaryl/α,β-unsaturated/α-hetero) is 1. The fourth-order valence-electron chi connectivity index (χ4n) is 2.50. The molecule has 2 fully saturated rings. The van der Waals surface area contributed by atoms with E-state index in [2.05, 4.69) is 11.9 Å². The van der Waals surface area contributed by atoms with Crippen LogP contribution in [0.25, 0.3) is 0 Å². The lowest BCUT2D eigenvalue weighted by Crippen LogP contribution is -2.43. The van der Waals surface area contributed by atoms with E-state index in [4.69, 9.17) is 0 Å². The summed E-state index contributed by atoms with van der Waals surface area (Å²) >= 11 is 0. The number of carbonyl (C=O) groups is 2. The van der Waals surface area contributed by atoms with Gasteiger partial charge in [0, 0.05) is 19.5 Å². The molecule has 0 N–H and O–H groups in total. The van der Waals surface area contributed by atoms with Crippen LogP contribution in [0.5, 0.6) is 0 Å². The van der Waals surface area contributed by atoms with E-state index in [0.29, 0.717) is 18.9 Å². The third-order valence-electron chi connectivity index (χ3n) is 3.68. The summed E-state index contributed by atoms with van der Waals surface area (Å²) in [5.41, 5.74) is 0. The third kappa shape index (κ3) is 2.82. The molecular formula is C12H20N2O2. The fraction of sp³-hybridized carbons (Fsp3) is 0.833. The third-order valence-corrected chi connectivity index (χ3v) is 3.68. The number of piperidine rings is 2. The van der Waals surface area contributed by atoms with Crippen LogP contribution in [0.15, 0.2) is 0 Å². The highest BCUT2D eigenvalue weighted by Crippen LogP contribution is 2.19. The molecule has 0 aromatic heterocycles. The molecular weight excluding hydrogens is 204 g/mol. The first-order valence-electron chi connectivity index (χ1n) is 6.13. The van der Waals surface area contributed by atoms with Gasteiger partial charge in [-0.3, -0.25) is 9.59 Å².